The molecule has 5 nitrogen and oxygen atoms in total. The predicted molar refractivity (Wildman–Crippen MR) is 150 cm³/mol. The molecule has 5 aromatic rings. The van der Waals surface area contributed by atoms with Gasteiger partial charge in [0.2, 0.25) is 6.29 Å². The first kappa shape index (κ1) is 23.7. The number of anilines is 1. The minimum Gasteiger partial charge on any atom is -0.487 e. The highest BCUT2D eigenvalue weighted by Crippen LogP contribution is 2.50. The number of fused-ring (bicyclic) bond motifs is 1. The summed E-state index contributed by atoms with van der Waals surface area (Å²) in [4.78, 5) is 23.8. The molecule has 1 amide bonds. The van der Waals surface area contributed by atoms with E-state index < -0.39 is 5.91 Å². The Labute approximate surface area is 221 Å². The molecule has 0 aliphatic heterocycles. The van der Waals surface area contributed by atoms with Gasteiger partial charge < -0.3 is 14.5 Å². The normalized spacial score (nSPS) is 12.8. The molecule has 0 radical (unpaired) electrons. The van der Waals surface area contributed by atoms with E-state index in [0.717, 1.165) is 35.2 Å². The third-order valence-corrected chi connectivity index (χ3v) is 7.10. The monoisotopic (exact) mass is 500 g/mol. The Bertz CT molecular complexity index is 1600. The molecule has 0 bridgehead atoms. The van der Waals surface area contributed by atoms with Gasteiger partial charge in [0.1, 0.15) is 17.9 Å². The average Bonchev–Trinajstić information content (AvgIpc) is 3.77. The summed E-state index contributed by atoms with van der Waals surface area (Å²) in [6.07, 6.45) is 5.13. The molecule has 0 unspecified atom stereocenters. The first-order chi connectivity index (χ1) is 18.7. The smallest absolute Gasteiger partial charge is 0.288 e. The molecule has 2 heterocycles. The lowest BCUT2D eigenvalue weighted by atomic mass is 9.95. The Kier molecular flexibility index (Phi) is 6.49. The van der Waals surface area contributed by atoms with Crippen LogP contribution >= 0.6 is 0 Å². The molecular formula is C33H28N2O3. The van der Waals surface area contributed by atoms with Crippen LogP contribution in [0, 0.1) is 0 Å². The van der Waals surface area contributed by atoms with Gasteiger partial charge in [-0.25, -0.2) is 0 Å². The molecule has 1 aliphatic rings. The van der Waals surface area contributed by atoms with Crippen molar-refractivity contribution in [3.05, 3.63) is 126 Å². The van der Waals surface area contributed by atoms with Gasteiger partial charge in [0, 0.05) is 23.9 Å². The number of carbonyl (C=O) groups is 2. The second-order valence-corrected chi connectivity index (χ2v) is 9.68. The number of hydrogen-bond donors (Lipinski definition) is 1. The number of nitrogens with one attached hydrogen (secondary N) is 1. The van der Waals surface area contributed by atoms with E-state index in [1.165, 1.54) is 16.7 Å². The third kappa shape index (κ3) is 4.71. The van der Waals surface area contributed by atoms with E-state index in [4.69, 9.17) is 4.74 Å². The first-order valence-corrected chi connectivity index (χ1v) is 12.9. The van der Waals surface area contributed by atoms with Gasteiger partial charge in [-0.1, -0.05) is 84.9 Å². The quantitative estimate of drug-likeness (QED) is 0.179. The number of ether oxygens (including phenoxy) is 1. The van der Waals surface area contributed by atoms with E-state index in [0.29, 0.717) is 36.7 Å². The van der Waals surface area contributed by atoms with Crippen molar-refractivity contribution in [1.29, 1.82) is 0 Å². The summed E-state index contributed by atoms with van der Waals surface area (Å²) < 4.78 is 8.45. The van der Waals surface area contributed by atoms with Crippen LogP contribution in [0.5, 0.6) is 5.75 Å². The van der Waals surface area contributed by atoms with Crippen LogP contribution in [0.2, 0.25) is 0 Å². The molecule has 38 heavy (non-hydrogen) atoms. The highest BCUT2D eigenvalue weighted by atomic mass is 16.5. The summed E-state index contributed by atoms with van der Waals surface area (Å²) in [5.41, 5.74) is 8.27. The number of aldehydes is 1. The average molecular weight is 501 g/mol. The SMILES string of the molecule is O=CC(=O)Nc1c(C2CC2)c(Cc2ccccc2-c2ccccc2)n2cccc(OCc3ccccc3)c12. The van der Waals surface area contributed by atoms with E-state index in [-0.39, 0.29) is 0 Å². The Hall–Kier alpha value is -4.64. The minimum atomic E-state index is -0.659. The largest absolute Gasteiger partial charge is 0.487 e. The van der Waals surface area contributed by atoms with Gasteiger partial charge in [-0.2, -0.15) is 0 Å². The van der Waals surface area contributed by atoms with Gasteiger partial charge in [0.05, 0.1) is 5.69 Å². The van der Waals surface area contributed by atoms with E-state index in [1.54, 1.807) is 0 Å². The molecule has 5 heteroatoms. The van der Waals surface area contributed by atoms with Crippen LogP contribution in [0.3, 0.4) is 0 Å². The van der Waals surface area contributed by atoms with Crippen molar-refractivity contribution in [1.82, 2.24) is 4.40 Å². The molecule has 0 saturated heterocycles. The van der Waals surface area contributed by atoms with Crippen LogP contribution in [0.1, 0.15) is 41.1 Å². The van der Waals surface area contributed by atoms with Gasteiger partial charge >= 0.3 is 0 Å². The predicted octanol–water partition coefficient (Wildman–Crippen LogP) is 6.79. The highest BCUT2D eigenvalue weighted by molar-refractivity contribution is 6.30. The number of amides is 1. The molecule has 1 aliphatic carbocycles. The maximum Gasteiger partial charge on any atom is 0.288 e. The van der Waals surface area contributed by atoms with Crippen molar-refractivity contribution in [2.75, 3.05) is 5.32 Å². The molecule has 3 aromatic carbocycles. The number of benzene rings is 3. The third-order valence-electron chi connectivity index (χ3n) is 7.10. The zero-order chi connectivity index (χ0) is 25.9. The molecule has 0 atom stereocenters. The summed E-state index contributed by atoms with van der Waals surface area (Å²) in [7, 11) is 0. The highest BCUT2D eigenvalue weighted by Gasteiger charge is 2.34. The number of aromatic nitrogens is 1. The molecule has 1 saturated carbocycles. The zero-order valence-corrected chi connectivity index (χ0v) is 21.0. The van der Waals surface area contributed by atoms with Gasteiger partial charge in [-0.15, -0.1) is 0 Å². The Morgan fingerprint density at radius 3 is 2.34 bits per heavy atom. The molecule has 6 rings (SSSR count). The fraction of sp³-hybridized carbons (Fsp3) is 0.152. The fourth-order valence-electron chi connectivity index (χ4n) is 5.24. The van der Waals surface area contributed by atoms with Crippen LogP contribution in [-0.4, -0.2) is 16.6 Å². The van der Waals surface area contributed by atoms with Crippen molar-refractivity contribution < 1.29 is 14.3 Å². The topological polar surface area (TPSA) is 59.8 Å². The number of carbonyl (C=O) groups excluding carboxylic acids is 2. The van der Waals surface area contributed by atoms with Crippen LogP contribution in [0.15, 0.2) is 103 Å². The van der Waals surface area contributed by atoms with Crippen LogP contribution in [-0.2, 0) is 22.6 Å². The van der Waals surface area contributed by atoms with Gasteiger partial charge in [-0.05, 0) is 53.1 Å². The number of nitrogens with zero attached hydrogens (tertiary/aromatic N) is 1. The summed E-state index contributed by atoms with van der Waals surface area (Å²) >= 11 is 0. The summed E-state index contributed by atoms with van der Waals surface area (Å²) in [5, 5.41) is 2.91. The van der Waals surface area contributed by atoms with Crippen LogP contribution in [0.25, 0.3) is 16.6 Å². The standard InChI is InChI=1S/C33H28N2O3/c36-21-30(37)34-32-31(25-17-18-25)28(20-26-14-7-8-15-27(26)24-12-5-2-6-13-24)35-19-9-16-29(33(32)35)38-22-23-10-3-1-4-11-23/h1-16,19,21,25H,17-18,20,22H2,(H,34,37). The van der Waals surface area contributed by atoms with Gasteiger partial charge in [0.15, 0.2) is 0 Å². The molecular weight excluding hydrogens is 472 g/mol. The second-order valence-electron chi connectivity index (χ2n) is 9.68. The molecule has 2 aromatic heterocycles. The van der Waals surface area contributed by atoms with E-state index >= 15 is 0 Å². The van der Waals surface area contributed by atoms with Crippen molar-refractivity contribution in [3.63, 3.8) is 0 Å². The van der Waals surface area contributed by atoms with Crippen molar-refractivity contribution in [2.45, 2.75) is 31.8 Å². The summed E-state index contributed by atoms with van der Waals surface area (Å²) in [6.45, 7) is 0.400. The lowest BCUT2D eigenvalue weighted by molar-refractivity contribution is -0.127. The number of pyridine rings is 1. The summed E-state index contributed by atoms with van der Waals surface area (Å²) in [5.74, 6) is 0.341. The molecule has 1 N–H and O–H groups in total. The first-order valence-electron chi connectivity index (χ1n) is 12.9. The van der Waals surface area contributed by atoms with Gasteiger partial charge in [-0.3, -0.25) is 9.59 Å². The van der Waals surface area contributed by atoms with Crippen molar-refractivity contribution in [3.8, 4) is 16.9 Å². The maximum atomic E-state index is 12.4. The minimum absolute atomic E-state index is 0.331. The molecule has 188 valence electrons. The Morgan fingerprint density at radius 2 is 1.61 bits per heavy atom. The summed E-state index contributed by atoms with van der Waals surface area (Å²) in [6, 6.07) is 32.7. The Morgan fingerprint density at radius 1 is 0.895 bits per heavy atom. The van der Waals surface area contributed by atoms with Gasteiger partial charge in [0.25, 0.3) is 5.91 Å². The van der Waals surface area contributed by atoms with Crippen LogP contribution in [0.4, 0.5) is 5.69 Å². The van der Waals surface area contributed by atoms with Crippen molar-refractivity contribution >= 4 is 23.4 Å². The fourth-order valence-corrected chi connectivity index (χ4v) is 5.24. The molecule has 1 fully saturated rings. The number of rotatable bonds is 9. The lowest BCUT2D eigenvalue weighted by Crippen LogP contribution is -2.13. The van der Waals surface area contributed by atoms with Crippen LogP contribution < -0.4 is 10.1 Å². The Balaban J connectivity index is 1.50. The number of hydrogen-bond acceptors (Lipinski definition) is 3. The van der Waals surface area contributed by atoms with E-state index in [2.05, 4.69) is 58.2 Å². The zero-order valence-electron chi connectivity index (χ0n) is 21.0. The van der Waals surface area contributed by atoms with E-state index in [9.17, 15) is 9.59 Å². The van der Waals surface area contributed by atoms with Crippen molar-refractivity contribution in [2.24, 2.45) is 0 Å². The lowest BCUT2D eigenvalue weighted by Gasteiger charge is -2.13. The van der Waals surface area contributed by atoms with E-state index in [1.807, 2.05) is 54.7 Å². The maximum absolute atomic E-state index is 12.4. The second kappa shape index (κ2) is 10.4. The molecule has 0 spiro atoms.